The highest BCUT2D eigenvalue weighted by Crippen LogP contribution is 2.36. The Hall–Kier alpha value is -1.59. The molecule has 0 amide bonds. The largest absolute Gasteiger partial charge is 0.435 e. The lowest BCUT2D eigenvalue weighted by Gasteiger charge is -2.02. The van der Waals surface area contributed by atoms with E-state index < -0.39 is 11.9 Å². The second-order valence-electron chi connectivity index (χ2n) is 4.30. The van der Waals surface area contributed by atoms with Gasteiger partial charge in [-0.1, -0.05) is 23.4 Å². The second kappa shape index (κ2) is 6.13. The molecule has 0 radical (unpaired) electrons. The third-order valence-corrected chi connectivity index (χ3v) is 4.76. The third-order valence-electron chi connectivity index (χ3n) is 2.60. The zero-order valence-corrected chi connectivity index (χ0v) is 13.7. The lowest BCUT2D eigenvalue weighted by atomic mass is 10.2. The third kappa shape index (κ3) is 3.67. The smallest absolute Gasteiger partial charge is 0.411 e. The van der Waals surface area contributed by atoms with Gasteiger partial charge in [-0.15, -0.1) is 21.5 Å². The van der Waals surface area contributed by atoms with Gasteiger partial charge in [-0.25, -0.2) is 4.98 Å². The first-order chi connectivity index (χ1) is 10.8. The van der Waals surface area contributed by atoms with E-state index in [-0.39, 0.29) is 16.7 Å². The molecule has 0 unspecified atom stereocenters. The lowest BCUT2D eigenvalue weighted by Crippen LogP contribution is -2.08. The molecule has 3 rings (SSSR count). The molecule has 0 aliphatic heterocycles. The van der Waals surface area contributed by atoms with Crippen molar-refractivity contribution in [2.75, 3.05) is 0 Å². The Bertz CT molecular complexity index is 828. The van der Waals surface area contributed by atoms with Crippen LogP contribution in [0, 0.1) is 0 Å². The van der Waals surface area contributed by atoms with E-state index in [0.29, 0.717) is 10.2 Å². The van der Waals surface area contributed by atoms with Crippen molar-refractivity contribution in [3.63, 3.8) is 0 Å². The second-order valence-corrected chi connectivity index (χ2v) is 6.93. The number of aryl methyl sites for hydroxylation is 1. The van der Waals surface area contributed by atoms with Crippen LogP contribution in [0.4, 0.5) is 13.2 Å². The summed E-state index contributed by atoms with van der Waals surface area (Å²) in [7, 11) is 1.39. The van der Waals surface area contributed by atoms with Gasteiger partial charge in [0.05, 0.1) is 5.56 Å². The van der Waals surface area contributed by atoms with Crippen LogP contribution >= 0.6 is 34.7 Å². The van der Waals surface area contributed by atoms with Crippen molar-refractivity contribution < 1.29 is 17.6 Å². The van der Waals surface area contributed by atoms with Gasteiger partial charge >= 0.3 is 6.18 Å². The molecule has 0 aromatic carbocycles. The minimum Gasteiger partial charge on any atom is -0.411 e. The molecule has 3 aromatic rings. The fourth-order valence-electron chi connectivity index (χ4n) is 1.71. The summed E-state index contributed by atoms with van der Waals surface area (Å²) in [6, 6.07) is 0. The van der Waals surface area contributed by atoms with E-state index in [1.807, 2.05) is 0 Å². The SMILES string of the molecule is Cn1cc(-c2nnc(SCc3cnc(Cl)s3)o2)c(C(F)(F)F)n1. The zero-order valence-electron chi connectivity index (χ0n) is 11.3. The van der Waals surface area contributed by atoms with Gasteiger partial charge in [0, 0.05) is 30.1 Å². The molecule has 0 N–H and O–H groups in total. The first-order valence-corrected chi connectivity index (χ1v) is 8.18. The summed E-state index contributed by atoms with van der Waals surface area (Å²) in [6.45, 7) is 0. The predicted octanol–water partition coefficient (Wildman–Crippen LogP) is 3.89. The molecule has 0 bridgehead atoms. The number of thiazole rings is 1. The van der Waals surface area contributed by atoms with Crippen molar-refractivity contribution in [2.45, 2.75) is 17.2 Å². The molecular formula is C11H7ClF3N5OS2. The van der Waals surface area contributed by atoms with Crippen molar-refractivity contribution in [3.05, 3.63) is 27.4 Å². The van der Waals surface area contributed by atoms with Gasteiger partial charge in [0.1, 0.15) is 0 Å². The van der Waals surface area contributed by atoms with Crippen LogP contribution < -0.4 is 0 Å². The van der Waals surface area contributed by atoms with Crippen LogP contribution in [0.25, 0.3) is 11.5 Å². The molecule has 0 aliphatic carbocycles. The van der Waals surface area contributed by atoms with E-state index in [9.17, 15) is 13.2 Å². The number of halogens is 4. The molecule has 12 heteroatoms. The highest BCUT2D eigenvalue weighted by molar-refractivity contribution is 7.98. The first-order valence-electron chi connectivity index (χ1n) is 6.00. The van der Waals surface area contributed by atoms with Crippen LogP contribution in [0.2, 0.25) is 4.47 Å². The van der Waals surface area contributed by atoms with Crippen molar-refractivity contribution in [1.82, 2.24) is 25.0 Å². The van der Waals surface area contributed by atoms with Gasteiger partial charge in [0.25, 0.3) is 11.1 Å². The Balaban J connectivity index is 1.79. The van der Waals surface area contributed by atoms with Gasteiger partial charge in [0.2, 0.25) is 0 Å². The summed E-state index contributed by atoms with van der Waals surface area (Å²) in [5.74, 6) is 0.251. The van der Waals surface area contributed by atoms with Crippen LogP contribution in [0.15, 0.2) is 22.0 Å². The van der Waals surface area contributed by atoms with Gasteiger partial charge in [-0.3, -0.25) is 4.68 Å². The molecule has 3 aromatic heterocycles. The quantitative estimate of drug-likeness (QED) is 0.638. The fraction of sp³-hybridized carbons (Fsp3) is 0.273. The van der Waals surface area contributed by atoms with Gasteiger partial charge in [-0.05, 0) is 0 Å². The summed E-state index contributed by atoms with van der Waals surface area (Å²) in [4.78, 5) is 4.78. The Morgan fingerprint density at radius 1 is 1.39 bits per heavy atom. The molecule has 3 heterocycles. The fourth-order valence-corrected chi connectivity index (χ4v) is 3.48. The Kier molecular flexibility index (Phi) is 4.34. The number of hydrogen-bond acceptors (Lipinski definition) is 7. The average molecular weight is 382 g/mol. The molecule has 0 fully saturated rings. The molecule has 23 heavy (non-hydrogen) atoms. The summed E-state index contributed by atoms with van der Waals surface area (Å²) < 4.78 is 45.6. The Labute approximate surface area is 140 Å². The minimum atomic E-state index is -4.60. The molecule has 0 spiro atoms. The van der Waals surface area contributed by atoms with E-state index in [1.165, 1.54) is 36.3 Å². The van der Waals surface area contributed by atoms with E-state index >= 15 is 0 Å². The molecule has 0 saturated heterocycles. The molecular weight excluding hydrogens is 375 g/mol. The average Bonchev–Trinajstić information content (AvgIpc) is 3.14. The van der Waals surface area contributed by atoms with Crippen molar-refractivity contribution >= 4 is 34.7 Å². The van der Waals surface area contributed by atoms with Crippen LogP contribution in [0.1, 0.15) is 10.6 Å². The lowest BCUT2D eigenvalue weighted by molar-refractivity contribution is -0.141. The monoisotopic (exact) mass is 381 g/mol. The Morgan fingerprint density at radius 2 is 2.17 bits per heavy atom. The summed E-state index contributed by atoms with van der Waals surface area (Å²) in [5.41, 5.74) is -1.31. The van der Waals surface area contributed by atoms with E-state index in [1.54, 1.807) is 6.20 Å². The van der Waals surface area contributed by atoms with E-state index in [2.05, 4.69) is 20.3 Å². The van der Waals surface area contributed by atoms with Gasteiger partial charge in [0.15, 0.2) is 10.2 Å². The van der Waals surface area contributed by atoms with Crippen molar-refractivity contribution in [3.8, 4) is 11.5 Å². The van der Waals surface area contributed by atoms with Crippen molar-refractivity contribution in [1.29, 1.82) is 0 Å². The summed E-state index contributed by atoms with van der Waals surface area (Å²) >= 11 is 8.21. The number of thioether (sulfide) groups is 1. The first kappa shape index (κ1) is 16.3. The maximum atomic E-state index is 12.9. The topological polar surface area (TPSA) is 69.6 Å². The standard InChI is InChI=1S/C11H7ClF3N5OS2/c1-20-3-6(7(19-20)11(13,14)15)8-17-18-10(21-8)22-4-5-2-16-9(12)23-5/h2-3H,4H2,1H3. The van der Waals surface area contributed by atoms with Crippen LogP contribution in [0.5, 0.6) is 0 Å². The highest BCUT2D eigenvalue weighted by Gasteiger charge is 2.38. The van der Waals surface area contributed by atoms with Crippen molar-refractivity contribution in [2.24, 2.45) is 7.05 Å². The minimum absolute atomic E-state index is 0.154. The van der Waals surface area contributed by atoms with Crippen LogP contribution in [-0.2, 0) is 19.0 Å². The zero-order chi connectivity index (χ0) is 16.6. The van der Waals surface area contributed by atoms with Gasteiger partial charge in [-0.2, -0.15) is 18.3 Å². The molecule has 0 atom stereocenters. The summed E-state index contributed by atoms with van der Waals surface area (Å²) in [5, 5.41) is 11.0. The number of aromatic nitrogens is 5. The predicted molar refractivity (Wildman–Crippen MR) is 78.2 cm³/mol. The van der Waals surface area contributed by atoms with Gasteiger partial charge < -0.3 is 4.42 Å². The number of nitrogens with zero attached hydrogens (tertiary/aromatic N) is 5. The Morgan fingerprint density at radius 3 is 2.83 bits per heavy atom. The maximum absolute atomic E-state index is 12.9. The number of alkyl halides is 3. The highest BCUT2D eigenvalue weighted by atomic mass is 35.5. The van der Waals surface area contributed by atoms with Crippen LogP contribution in [-0.4, -0.2) is 25.0 Å². The van der Waals surface area contributed by atoms with E-state index in [0.717, 1.165) is 9.56 Å². The summed E-state index contributed by atoms with van der Waals surface area (Å²) in [6.07, 6.45) is -1.80. The normalized spacial score (nSPS) is 12.0. The van der Waals surface area contributed by atoms with Crippen LogP contribution in [0.3, 0.4) is 0 Å². The van der Waals surface area contributed by atoms with E-state index in [4.69, 9.17) is 16.0 Å². The maximum Gasteiger partial charge on any atom is 0.435 e. The number of rotatable bonds is 4. The molecule has 0 aliphatic rings. The molecule has 122 valence electrons. The molecule has 0 saturated carbocycles. The molecule has 6 nitrogen and oxygen atoms in total. The number of hydrogen-bond donors (Lipinski definition) is 0.